The van der Waals surface area contributed by atoms with Crippen LogP contribution in [0.1, 0.15) is 21.5 Å². The highest BCUT2D eigenvalue weighted by molar-refractivity contribution is 5.89. The molecule has 0 radical (unpaired) electrons. The second-order valence-electron chi connectivity index (χ2n) is 4.66. The maximum atomic E-state index is 12.0. The van der Waals surface area contributed by atoms with Crippen LogP contribution in [0.25, 0.3) is 0 Å². The molecule has 0 amide bonds. The molecular formula is C17H19NO3. The molecule has 0 saturated carbocycles. The Labute approximate surface area is 124 Å². The van der Waals surface area contributed by atoms with Crippen LogP contribution in [0.5, 0.6) is 5.75 Å². The zero-order valence-electron chi connectivity index (χ0n) is 12.0. The summed E-state index contributed by atoms with van der Waals surface area (Å²) in [5.41, 5.74) is 8.03. The molecule has 0 heterocycles. The molecule has 0 bridgehead atoms. The van der Waals surface area contributed by atoms with E-state index in [9.17, 15) is 4.79 Å². The van der Waals surface area contributed by atoms with E-state index in [4.69, 9.17) is 15.2 Å². The van der Waals surface area contributed by atoms with Gasteiger partial charge in [0, 0.05) is 0 Å². The summed E-state index contributed by atoms with van der Waals surface area (Å²) < 4.78 is 10.4. The summed E-state index contributed by atoms with van der Waals surface area (Å²) in [5, 5.41) is 0. The maximum Gasteiger partial charge on any atom is 0.338 e. The van der Waals surface area contributed by atoms with Crippen LogP contribution in [0.2, 0.25) is 0 Å². The number of benzene rings is 2. The molecule has 0 aliphatic rings. The Hall–Kier alpha value is -2.33. The van der Waals surface area contributed by atoms with Crippen molar-refractivity contribution in [2.24, 2.45) is 5.73 Å². The van der Waals surface area contributed by atoms with Crippen LogP contribution in [0.3, 0.4) is 0 Å². The van der Waals surface area contributed by atoms with Crippen molar-refractivity contribution >= 4 is 5.97 Å². The minimum absolute atomic E-state index is 0.240. The number of carbonyl (C=O) groups excluding carboxylic acids is 1. The van der Waals surface area contributed by atoms with Gasteiger partial charge in [-0.15, -0.1) is 0 Å². The lowest BCUT2D eigenvalue weighted by Gasteiger charge is -2.07. The van der Waals surface area contributed by atoms with Gasteiger partial charge in [-0.3, -0.25) is 0 Å². The van der Waals surface area contributed by atoms with Gasteiger partial charge < -0.3 is 15.2 Å². The predicted octanol–water partition coefficient (Wildman–Crippen LogP) is 2.55. The number of hydrogen-bond donors (Lipinski definition) is 1. The Balaban J connectivity index is 1.95. The molecule has 110 valence electrons. The third-order valence-corrected chi connectivity index (χ3v) is 3.12. The van der Waals surface area contributed by atoms with Crippen LogP contribution in [-0.2, 0) is 17.8 Å². The molecule has 0 saturated heterocycles. The fourth-order valence-corrected chi connectivity index (χ4v) is 1.97. The lowest BCUT2D eigenvalue weighted by molar-refractivity contribution is 0.0472. The summed E-state index contributed by atoms with van der Waals surface area (Å²) in [6.07, 6.45) is 0.750. The zero-order valence-corrected chi connectivity index (χ0v) is 12.0. The smallest absolute Gasteiger partial charge is 0.338 e. The highest BCUT2D eigenvalue weighted by Gasteiger charge is 2.08. The fraction of sp³-hybridized carbons (Fsp3) is 0.235. The molecule has 0 atom stereocenters. The van der Waals surface area contributed by atoms with Crippen molar-refractivity contribution in [1.29, 1.82) is 0 Å². The van der Waals surface area contributed by atoms with Crippen LogP contribution in [0, 0.1) is 0 Å². The minimum Gasteiger partial charge on any atom is -0.497 e. The van der Waals surface area contributed by atoms with Crippen LogP contribution in [-0.4, -0.2) is 19.6 Å². The molecule has 2 aromatic rings. The molecular weight excluding hydrogens is 266 g/mol. The largest absolute Gasteiger partial charge is 0.497 e. The van der Waals surface area contributed by atoms with Gasteiger partial charge in [0.25, 0.3) is 0 Å². The molecule has 21 heavy (non-hydrogen) atoms. The first-order chi connectivity index (χ1) is 10.2. The molecule has 4 nitrogen and oxygen atoms in total. The van der Waals surface area contributed by atoms with Gasteiger partial charge in [-0.1, -0.05) is 24.3 Å². The quantitative estimate of drug-likeness (QED) is 0.829. The van der Waals surface area contributed by atoms with Gasteiger partial charge in [0.05, 0.1) is 12.7 Å². The fourth-order valence-electron chi connectivity index (χ4n) is 1.97. The third-order valence-electron chi connectivity index (χ3n) is 3.12. The van der Waals surface area contributed by atoms with Crippen LogP contribution in [0.15, 0.2) is 48.5 Å². The summed E-state index contributed by atoms with van der Waals surface area (Å²) in [7, 11) is 1.61. The predicted molar refractivity (Wildman–Crippen MR) is 81.3 cm³/mol. The Morgan fingerprint density at radius 3 is 2.52 bits per heavy atom. The SMILES string of the molecule is COc1ccc(COC(=O)c2cccc(CCN)c2)cc1. The minimum atomic E-state index is -0.329. The Morgan fingerprint density at radius 1 is 1.10 bits per heavy atom. The van der Waals surface area contributed by atoms with Gasteiger partial charge in [0.1, 0.15) is 12.4 Å². The van der Waals surface area contributed by atoms with Gasteiger partial charge >= 0.3 is 5.97 Å². The van der Waals surface area contributed by atoms with Crippen molar-refractivity contribution in [3.05, 3.63) is 65.2 Å². The van der Waals surface area contributed by atoms with Crippen molar-refractivity contribution in [3.63, 3.8) is 0 Å². The van der Waals surface area contributed by atoms with Gasteiger partial charge in [0.2, 0.25) is 0 Å². The van der Waals surface area contributed by atoms with Crippen molar-refractivity contribution in [2.75, 3.05) is 13.7 Å². The summed E-state index contributed by atoms with van der Waals surface area (Å²) in [6.45, 7) is 0.800. The van der Waals surface area contributed by atoms with Gasteiger partial charge in [-0.2, -0.15) is 0 Å². The Bertz CT molecular complexity index is 593. The highest BCUT2D eigenvalue weighted by Crippen LogP contribution is 2.13. The average Bonchev–Trinajstić information content (AvgIpc) is 2.53. The normalized spacial score (nSPS) is 10.2. The number of esters is 1. The molecule has 2 aromatic carbocycles. The van der Waals surface area contributed by atoms with Crippen LogP contribution >= 0.6 is 0 Å². The second-order valence-corrected chi connectivity index (χ2v) is 4.66. The van der Waals surface area contributed by atoms with Crippen LogP contribution < -0.4 is 10.5 Å². The van der Waals surface area contributed by atoms with Crippen molar-refractivity contribution in [1.82, 2.24) is 0 Å². The topological polar surface area (TPSA) is 61.5 Å². The molecule has 2 rings (SSSR count). The van der Waals surface area contributed by atoms with E-state index in [1.807, 2.05) is 42.5 Å². The van der Waals surface area contributed by atoms with E-state index in [0.29, 0.717) is 12.1 Å². The van der Waals surface area contributed by atoms with Crippen molar-refractivity contribution in [3.8, 4) is 5.75 Å². The number of nitrogens with two attached hydrogens (primary N) is 1. The zero-order chi connectivity index (χ0) is 15.1. The molecule has 0 fully saturated rings. The third kappa shape index (κ3) is 4.33. The van der Waals surface area contributed by atoms with E-state index in [2.05, 4.69) is 0 Å². The summed E-state index contributed by atoms with van der Waals surface area (Å²) in [6, 6.07) is 14.8. The van der Waals surface area contributed by atoms with E-state index in [-0.39, 0.29) is 12.6 Å². The lowest BCUT2D eigenvalue weighted by atomic mass is 10.1. The molecule has 2 N–H and O–H groups in total. The summed E-state index contributed by atoms with van der Waals surface area (Å²) in [5.74, 6) is 0.448. The maximum absolute atomic E-state index is 12.0. The van der Waals surface area contributed by atoms with E-state index >= 15 is 0 Å². The number of carbonyl (C=O) groups is 1. The molecule has 0 aromatic heterocycles. The second kappa shape index (κ2) is 7.45. The molecule has 0 unspecified atom stereocenters. The van der Waals surface area contributed by atoms with Crippen molar-refractivity contribution in [2.45, 2.75) is 13.0 Å². The first kappa shape index (κ1) is 15.1. The molecule has 4 heteroatoms. The highest BCUT2D eigenvalue weighted by atomic mass is 16.5. The van der Waals surface area contributed by atoms with E-state index in [0.717, 1.165) is 23.3 Å². The van der Waals surface area contributed by atoms with E-state index in [1.165, 1.54) is 0 Å². The average molecular weight is 285 g/mol. The number of hydrogen-bond acceptors (Lipinski definition) is 4. The molecule has 0 aliphatic carbocycles. The number of methoxy groups -OCH3 is 1. The standard InChI is InChI=1S/C17H19NO3/c1-20-16-7-5-14(6-8-16)12-21-17(19)15-4-2-3-13(11-15)9-10-18/h2-8,11H,9-10,12,18H2,1H3. The van der Waals surface area contributed by atoms with Gasteiger partial charge in [-0.25, -0.2) is 4.79 Å². The summed E-state index contributed by atoms with van der Waals surface area (Å²) >= 11 is 0. The first-order valence-corrected chi connectivity index (χ1v) is 6.82. The Morgan fingerprint density at radius 2 is 1.86 bits per heavy atom. The van der Waals surface area contributed by atoms with Crippen molar-refractivity contribution < 1.29 is 14.3 Å². The molecule has 0 aliphatic heterocycles. The van der Waals surface area contributed by atoms with Gasteiger partial charge in [-0.05, 0) is 48.4 Å². The molecule has 0 spiro atoms. The Kier molecular flexibility index (Phi) is 5.35. The first-order valence-electron chi connectivity index (χ1n) is 6.82. The monoisotopic (exact) mass is 285 g/mol. The number of ether oxygens (including phenoxy) is 2. The van der Waals surface area contributed by atoms with Gasteiger partial charge in [0.15, 0.2) is 0 Å². The van der Waals surface area contributed by atoms with E-state index in [1.54, 1.807) is 13.2 Å². The van der Waals surface area contributed by atoms with E-state index < -0.39 is 0 Å². The van der Waals surface area contributed by atoms with Crippen LogP contribution in [0.4, 0.5) is 0 Å². The number of rotatable bonds is 6. The summed E-state index contributed by atoms with van der Waals surface area (Å²) in [4.78, 5) is 12.0. The lowest BCUT2D eigenvalue weighted by Crippen LogP contribution is -2.07.